The van der Waals surface area contributed by atoms with E-state index in [1.54, 1.807) is 6.20 Å². The molecule has 3 aromatic rings. The Hall–Kier alpha value is -2.79. The van der Waals surface area contributed by atoms with Crippen molar-refractivity contribution in [1.29, 1.82) is 0 Å². The number of nitrogens with one attached hydrogen (secondary N) is 1. The van der Waals surface area contributed by atoms with Gasteiger partial charge in [0.05, 0.1) is 34.6 Å². The number of carbonyl (C=O) groups excluding carboxylic acids is 1. The van der Waals surface area contributed by atoms with E-state index in [4.69, 9.17) is 4.74 Å². The summed E-state index contributed by atoms with van der Waals surface area (Å²) in [6, 6.07) is 15.2. The minimum absolute atomic E-state index is 0.0322. The Morgan fingerprint density at radius 3 is 2.81 bits per heavy atom. The van der Waals surface area contributed by atoms with Crippen molar-refractivity contribution in [3.8, 4) is 11.4 Å². The van der Waals surface area contributed by atoms with Crippen LogP contribution in [0, 0.1) is 0 Å². The standard InChI is InChI=1S/C21H21N3O2/c1-14(20-10-6-12-26-20)23-21(25)16-13-19(18-9-4-5-11-22-18)24-17-8-3-2-7-15(16)17/h2-5,7-9,11,13-14,20H,6,10,12H2,1H3,(H,23,25)/t14-,20-/m0/s1. The van der Waals surface area contributed by atoms with Gasteiger partial charge in [-0.15, -0.1) is 0 Å². The van der Waals surface area contributed by atoms with Crippen molar-refractivity contribution in [1.82, 2.24) is 15.3 Å². The summed E-state index contributed by atoms with van der Waals surface area (Å²) in [5.41, 5.74) is 2.84. The molecule has 3 heterocycles. The number of para-hydroxylation sites is 1. The number of ether oxygens (including phenoxy) is 1. The number of hydrogen-bond acceptors (Lipinski definition) is 4. The van der Waals surface area contributed by atoms with Crippen LogP contribution in [0.2, 0.25) is 0 Å². The maximum atomic E-state index is 13.0. The van der Waals surface area contributed by atoms with Gasteiger partial charge >= 0.3 is 0 Å². The fourth-order valence-corrected chi connectivity index (χ4v) is 3.38. The van der Waals surface area contributed by atoms with Crippen molar-refractivity contribution in [3.63, 3.8) is 0 Å². The number of carbonyl (C=O) groups is 1. The Morgan fingerprint density at radius 1 is 1.19 bits per heavy atom. The zero-order chi connectivity index (χ0) is 17.9. The Morgan fingerprint density at radius 2 is 2.04 bits per heavy atom. The third kappa shape index (κ3) is 3.30. The molecule has 0 spiro atoms. The molecule has 2 atom stereocenters. The summed E-state index contributed by atoms with van der Waals surface area (Å²) < 4.78 is 5.69. The summed E-state index contributed by atoms with van der Waals surface area (Å²) in [5.74, 6) is -0.108. The van der Waals surface area contributed by atoms with Gasteiger partial charge < -0.3 is 10.1 Å². The highest BCUT2D eigenvalue weighted by molar-refractivity contribution is 6.07. The van der Waals surface area contributed by atoms with E-state index >= 15 is 0 Å². The van der Waals surface area contributed by atoms with Crippen molar-refractivity contribution < 1.29 is 9.53 Å². The summed E-state index contributed by atoms with van der Waals surface area (Å²) in [7, 11) is 0. The fourth-order valence-electron chi connectivity index (χ4n) is 3.38. The Balaban J connectivity index is 1.71. The molecular formula is C21H21N3O2. The van der Waals surface area contributed by atoms with E-state index in [-0.39, 0.29) is 18.1 Å². The van der Waals surface area contributed by atoms with Crippen LogP contribution in [0.3, 0.4) is 0 Å². The van der Waals surface area contributed by atoms with Gasteiger partial charge in [-0.05, 0) is 44.0 Å². The maximum absolute atomic E-state index is 13.0. The highest BCUT2D eigenvalue weighted by Gasteiger charge is 2.25. The first kappa shape index (κ1) is 16.7. The SMILES string of the molecule is C[C@H](NC(=O)c1cc(-c2ccccn2)nc2ccccc12)[C@@H]1CCCO1. The van der Waals surface area contributed by atoms with Gasteiger partial charge in [0.2, 0.25) is 0 Å². The topological polar surface area (TPSA) is 64.1 Å². The normalized spacial score (nSPS) is 18.0. The van der Waals surface area contributed by atoms with Crippen LogP contribution < -0.4 is 5.32 Å². The molecule has 0 aliphatic carbocycles. The molecule has 1 fully saturated rings. The van der Waals surface area contributed by atoms with Gasteiger partial charge in [-0.1, -0.05) is 24.3 Å². The number of amides is 1. The largest absolute Gasteiger partial charge is 0.376 e. The number of aromatic nitrogens is 2. The van der Waals surface area contributed by atoms with Crippen LogP contribution in [0.25, 0.3) is 22.3 Å². The summed E-state index contributed by atoms with van der Waals surface area (Å²) in [6.45, 7) is 2.77. The van der Waals surface area contributed by atoms with Gasteiger partial charge in [0.25, 0.3) is 5.91 Å². The number of nitrogens with zero attached hydrogens (tertiary/aromatic N) is 2. The lowest BCUT2D eigenvalue weighted by Gasteiger charge is -2.20. The molecule has 1 amide bonds. The Labute approximate surface area is 152 Å². The molecule has 132 valence electrons. The van der Waals surface area contributed by atoms with Gasteiger partial charge in [-0.2, -0.15) is 0 Å². The molecule has 5 nitrogen and oxygen atoms in total. The van der Waals surface area contributed by atoms with Crippen molar-refractivity contribution in [2.75, 3.05) is 6.61 Å². The second kappa shape index (κ2) is 7.22. The molecule has 4 rings (SSSR count). The zero-order valence-electron chi connectivity index (χ0n) is 14.7. The van der Waals surface area contributed by atoms with Crippen molar-refractivity contribution >= 4 is 16.8 Å². The van der Waals surface area contributed by atoms with E-state index in [1.165, 1.54) is 0 Å². The molecule has 5 heteroatoms. The van der Waals surface area contributed by atoms with E-state index < -0.39 is 0 Å². The summed E-state index contributed by atoms with van der Waals surface area (Å²) in [4.78, 5) is 22.0. The van der Waals surface area contributed by atoms with E-state index in [2.05, 4.69) is 15.3 Å². The first-order valence-corrected chi connectivity index (χ1v) is 8.96. The molecule has 26 heavy (non-hydrogen) atoms. The highest BCUT2D eigenvalue weighted by Crippen LogP contribution is 2.24. The summed E-state index contributed by atoms with van der Waals surface area (Å²) in [5, 5.41) is 3.93. The van der Waals surface area contributed by atoms with Gasteiger partial charge in [0.15, 0.2) is 0 Å². The van der Waals surface area contributed by atoms with Gasteiger partial charge in [-0.3, -0.25) is 9.78 Å². The van der Waals surface area contributed by atoms with Crippen molar-refractivity contribution in [3.05, 3.63) is 60.3 Å². The monoisotopic (exact) mass is 347 g/mol. The van der Waals surface area contributed by atoms with Crippen molar-refractivity contribution in [2.45, 2.75) is 31.9 Å². The zero-order valence-corrected chi connectivity index (χ0v) is 14.7. The second-order valence-corrected chi connectivity index (χ2v) is 6.60. The average molecular weight is 347 g/mol. The fraction of sp³-hybridized carbons (Fsp3) is 0.286. The molecule has 0 saturated carbocycles. The van der Waals surface area contributed by atoms with E-state index in [0.29, 0.717) is 11.3 Å². The summed E-state index contributed by atoms with van der Waals surface area (Å²) >= 11 is 0. The number of benzene rings is 1. The van der Waals surface area contributed by atoms with Crippen LogP contribution in [-0.2, 0) is 4.74 Å². The first-order valence-electron chi connectivity index (χ1n) is 8.96. The number of pyridine rings is 2. The lowest BCUT2D eigenvalue weighted by atomic mass is 10.0. The van der Waals surface area contributed by atoms with Gasteiger partial charge in [0, 0.05) is 18.2 Å². The lowest BCUT2D eigenvalue weighted by Crippen LogP contribution is -2.40. The number of fused-ring (bicyclic) bond motifs is 1. The third-order valence-corrected chi connectivity index (χ3v) is 4.77. The molecule has 0 bridgehead atoms. The lowest BCUT2D eigenvalue weighted by molar-refractivity contribution is 0.0713. The highest BCUT2D eigenvalue weighted by atomic mass is 16.5. The summed E-state index contributed by atoms with van der Waals surface area (Å²) in [6.07, 6.45) is 3.85. The van der Waals surface area contributed by atoms with Crippen molar-refractivity contribution in [2.24, 2.45) is 0 Å². The van der Waals surface area contributed by atoms with Crippen LogP contribution in [0.4, 0.5) is 0 Å². The minimum atomic E-state index is -0.108. The molecule has 2 aromatic heterocycles. The smallest absolute Gasteiger partial charge is 0.252 e. The van der Waals surface area contributed by atoms with Crippen LogP contribution in [0.5, 0.6) is 0 Å². The minimum Gasteiger partial charge on any atom is -0.376 e. The van der Waals surface area contributed by atoms with E-state index in [0.717, 1.165) is 36.0 Å². The first-order chi connectivity index (χ1) is 12.7. The predicted molar refractivity (Wildman–Crippen MR) is 101 cm³/mol. The predicted octanol–water partition coefficient (Wildman–Crippen LogP) is 3.59. The van der Waals surface area contributed by atoms with Crippen LogP contribution in [0.1, 0.15) is 30.1 Å². The maximum Gasteiger partial charge on any atom is 0.252 e. The second-order valence-electron chi connectivity index (χ2n) is 6.60. The molecule has 1 aromatic carbocycles. The molecule has 1 aliphatic rings. The Kier molecular flexibility index (Phi) is 4.63. The molecule has 1 aliphatic heterocycles. The molecule has 0 radical (unpaired) electrons. The van der Waals surface area contributed by atoms with E-state index in [1.807, 2.05) is 55.5 Å². The molecular weight excluding hydrogens is 326 g/mol. The molecule has 1 N–H and O–H groups in total. The number of rotatable bonds is 4. The number of hydrogen-bond donors (Lipinski definition) is 1. The van der Waals surface area contributed by atoms with E-state index in [9.17, 15) is 4.79 Å². The van der Waals surface area contributed by atoms with Gasteiger partial charge in [0.1, 0.15) is 0 Å². The van der Waals surface area contributed by atoms with Crippen LogP contribution in [0.15, 0.2) is 54.7 Å². The molecule has 1 saturated heterocycles. The van der Waals surface area contributed by atoms with Gasteiger partial charge in [-0.25, -0.2) is 4.98 Å². The van der Waals surface area contributed by atoms with Crippen LogP contribution >= 0.6 is 0 Å². The van der Waals surface area contributed by atoms with Crippen LogP contribution in [-0.4, -0.2) is 34.6 Å². The molecule has 0 unspecified atom stereocenters. The Bertz CT molecular complexity index is 921. The quantitative estimate of drug-likeness (QED) is 0.783. The average Bonchev–Trinajstić information content (AvgIpc) is 3.23. The third-order valence-electron chi connectivity index (χ3n) is 4.77.